The van der Waals surface area contributed by atoms with Crippen LogP contribution < -0.4 is 0 Å². The van der Waals surface area contributed by atoms with Gasteiger partial charge < -0.3 is 15.0 Å². The summed E-state index contributed by atoms with van der Waals surface area (Å²) in [4.78, 5) is 9.99. The summed E-state index contributed by atoms with van der Waals surface area (Å²) in [6.45, 7) is 2.76. The SMILES string of the molecule is C=CCC(O)(C=O)CO. The number of aldehydes is 1. The summed E-state index contributed by atoms with van der Waals surface area (Å²) in [7, 11) is 0. The Morgan fingerprint density at radius 1 is 1.67 bits per heavy atom. The van der Waals surface area contributed by atoms with Gasteiger partial charge in [0.1, 0.15) is 5.60 Å². The third-order valence-corrected chi connectivity index (χ3v) is 0.991. The molecule has 2 N–H and O–H groups in total. The van der Waals surface area contributed by atoms with Crippen molar-refractivity contribution in [2.75, 3.05) is 6.61 Å². The van der Waals surface area contributed by atoms with Crippen molar-refractivity contribution in [1.82, 2.24) is 0 Å². The maximum atomic E-state index is 9.99. The van der Waals surface area contributed by atoms with Gasteiger partial charge in [-0.1, -0.05) is 6.08 Å². The van der Waals surface area contributed by atoms with E-state index in [9.17, 15) is 4.79 Å². The highest BCUT2D eigenvalue weighted by atomic mass is 16.3. The molecule has 0 aliphatic heterocycles. The van der Waals surface area contributed by atoms with Gasteiger partial charge in [-0.3, -0.25) is 0 Å². The first-order valence-corrected chi connectivity index (χ1v) is 2.59. The van der Waals surface area contributed by atoms with Crippen LogP contribution in [0.3, 0.4) is 0 Å². The molecule has 0 aromatic rings. The summed E-state index contributed by atoms with van der Waals surface area (Å²) < 4.78 is 0. The van der Waals surface area contributed by atoms with Crippen LogP contribution in [0.25, 0.3) is 0 Å². The molecule has 0 bridgehead atoms. The molecule has 0 radical (unpaired) electrons. The third kappa shape index (κ3) is 2.39. The van der Waals surface area contributed by atoms with Crippen LogP contribution in [0.15, 0.2) is 12.7 Å². The first kappa shape index (κ1) is 8.33. The highest BCUT2D eigenvalue weighted by Gasteiger charge is 2.22. The Bertz CT molecular complexity index is 111. The minimum absolute atomic E-state index is 0.0903. The number of hydrogen-bond donors (Lipinski definition) is 2. The summed E-state index contributed by atoms with van der Waals surface area (Å²) in [5.41, 5.74) is -1.61. The zero-order valence-electron chi connectivity index (χ0n) is 5.08. The van der Waals surface area contributed by atoms with Crippen molar-refractivity contribution < 1.29 is 15.0 Å². The molecular weight excluding hydrogens is 120 g/mol. The lowest BCUT2D eigenvalue weighted by atomic mass is 10.0. The van der Waals surface area contributed by atoms with Gasteiger partial charge in [-0.15, -0.1) is 6.58 Å². The van der Waals surface area contributed by atoms with Gasteiger partial charge in [0.2, 0.25) is 0 Å². The average Bonchev–Trinajstić information content (AvgIpc) is 1.89. The molecule has 0 aliphatic carbocycles. The molecule has 0 amide bonds. The topological polar surface area (TPSA) is 57.5 Å². The minimum Gasteiger partial charge on any atom is -0.393 e. The van der Waals surface area contributed by atoms with Crippen molar-refractivity contribution in [2.45, 2.75) is 12.0 Å². The monoisotopic (exact) mass is 130 g/mol. The summed E-state index contributed by atoms with van der Waals surface area (Å²) in [5.74, 6) is 0. The Balaban J connectivity index is 3.90. The van der Waals surface area contributed by atoms with Crippen molar-refractivity contribution in [3.8, 4) is 0 Å². The fourth-order valence-corrected chi connectivity index (χ4v) is 0.400. The Kier molecular flexibility index (Phi) is 3.12. The Labute approximate surface area is 53.6 Å². The predicted octanol–water partition coefficient (Wildman–Crippen LogP) is -0.515. The summed E-state index contributed by atoms with van der Waals surface area (Å²) in [6.07, 6.45) is 1.78. The third-order valence-electron chi connectivity index (χ3n) is 0.991. The molecule has 0 heterocycles. The maximum Gasteiger partial charge on any atom is 0.154 e. The number of carbonyl (C=O) groups excluding carboxylic acids is 1. The van der Waals surface area contributed by atoms with E-state index in [1.807, 2.05) is 0 Å². The molecular formula is C6H10O3. The second-order valence-corrected chi connectivity index (χ2v) is 1.87. The van der Waals surface area contributed by atoms with Gasteiger partial charge in [0.25, 0.3) is 0 Å². The van der Waals surface area contributed by atoms with E-state index in [0.29, 0.717) is 6.29 Å². The predicted molar refractivity (Wildman–Crippen MR) is 32.9 cm³/mol. The van der Waals surface area contributed by atoms with E-state index >= 15 is 0 Å². The maximum absolute atomic E-state index is 9.99. The van der Waals surface area contributed by atoms with E-state index in [1.54, 1.807) is 0 Å². The highest BCUT2D eigenvalue weighted by Crippen LogP contribution is 2.04. The molecule has 52 valence electrons. The molecule has 0 fully saturated rings. The van der Waals surface area contributed by atoms with Gasteiger partial charge in [0, 0.05) is 6.42 Å². The van der Waals surface area contributed by atoms with E-state index in [0.717, 1.165) is 0 Å². The molecule has 0 aromatic carbocycles. The second-order valence-electron chi connectivity index (χ2n) is 1.87. The van der Waals surface area contributed by atoms with Crippen LogP contribution in [0.4, 0.5) is 0 Å². The van der Waals surface area contributed by atoms with Gasteiger partial charge in [0.05, 0.1) is 6.61 Å². The zero-order chi connectivity index (χ0) is 7.33. The van der Waals surface area contributed by atoms with Crippen molar-refractivity contribution in [2.24, 2.45) is 0 Å². The van der Waals surface area contributed by atoms with E-state index in [1.165, 1.54) is 6.08 Å². The van der Waals surface area contributed by atoms with Crippen molar-refractivity contribution in [3.63, 3.8) is 0 Å². The van der Waals surface area contributed by atoms with Gasteiger partial charge in [0.15, 0.2) is 6.29 Å². The number of aliphatic hydroxyl groups is 2. The lowest BCUT2D eigenvalue weighted by Gasteiger charge is -2.14. The van der Waals surface area contributed by atoms with Crippen LogP contribution in [0.5, 0.6) is 0 Å². The molecule has 0 rings (SSSR count). The number of aliphatic hydroxyl groups excluding tert-OH is 1. The molecule has 1 atom stereocenters. The Morgan fingerprint density at radius 3 is 2.33 bits per heavy atom. The molecule has 0 saturated heterocycles. The quantitative estimate of drug-likeness (QED) is 0.398. The molecule has 0 spiro atoms. The number of rotatable bonds is 4. The Morgan fingerprint density at radius 2 is 2.22 bits per heavy atom. The standard InChI is InChI=1S/C6H10O3/c1-2-3-6(9,4-7)5-8/h2,4,8-9H,1,3,5H2. The normalized spacial score (nSPS) is 16.2. The van der Waals surface area contributed by atoms with Crippen LogP contribution in [0, 0.1) is 0 Å². The molecule has 3 nitrogen and oxygen atoms in total. The van der Waals surface area contributed by atoms with Crippen LogP contribution in [0.1, 0.15) is 6.42 Å². The van der Waals surface area contributed by atoms with E-state index in [2.05, 4.69) is 6.58 Å². The average molecular weight is 130 g/mol. The van der Waals surface area contributed by atoms with E-state index in [4.69, 9.17) is 10.2 Å². The molecule has 0 saturated carbocycles. The second kappa shape index (κ2) is 3.37. The van der Waals surface area contributed by atoms with E-state index < -0.39 is 12.2 Å². The molecule has 0 aliphatic rings. The molecule has 3 heteroatoms. The van der Waals surface area contributed by atoms with Crippen LogP contribution in [-0.4, -0.2) is 28.7 Å². The highest BCUT2D eigenvalue weighted by molar-refractivity contribution is 5.62. The van der Waals surface area contributed by atoms with Crippen molar-refractivity contribution in [1.29, 1.82) is 0 Å². The number of hydrogen-bond acceptors (Lipinski definition) is 3. The summed E-state index contributed by atoms with van der Waals surface area (Å²) in [6, 6.07) is 0. The van der Waals surface area contributed by atoms with Gasteiger partial charge in [-0.2, -0.15) is 0 Å². The van der Waals surface area contributed by atoms with Crippen molar-refractivity contribution in [3.05, 3.63) is 12.7 Å². The largest absolute Gasteiger partial charge is 0.393 e. The smallest absolute Gasteiger partial charge is 0.154 e. The van der Waals surface area contributed by atoms with Gasteiger partial charge in [-0.25, -0.2) is 0 Å². The molecule has 0 aromatic heterocycles. The lowest BCUT2D eigenvalue weighted by molar-refractivity contribution is -0.127. The summed E-state index contributed by atoms with van der Waals surface area (Å²) in [5, 5.41) is 17.3. The Hall–Kier alpha value is -0.670. The van der Waals surface area contributed by atoms with Crippen molar-refractivity contribution >= 4 is 6.29 Å². The van der Waals surface area contributed by atoms with Gasteiger partial charge >= 0.3 is 0 Å². The fraction of sp³-hybridized carbons (Fsp3) is 0.500. The minimum atomic E-state index is -1.61. The molecule has 1 unspecified atom stereocenters. The first-order valence-electron chi connectivity index (χ1n) is 2.59. The van der Waals surface area contributed by atoms with Crippen LogP contribution in [0.2, 0.25) is 0 Å². The van der Waals surface area contributed by atoms with Crippen LogP contribution >= 0.6 is 0 Å². The fourth-order valence-electron chi connectivity index (χ4n) is 0.400. The number of carbonyl (C=O) groups is 1. The summed E-state index contributed by atoms with van der Waals surface area (Å²) >= 11 is 0. The zero-order valence-corrected chi connectivity index (χ0v) is 5.08. The van der Waals surface area contributed by atoms with E-state index in [-0.39, 0.29) is 6.42 Å². The van der Waals surface area contributed by atoms with Crippen LogP contribution in [-0.2, 0) is 4.79 Å². The first-order chi connectivity index (χ1) is 4.18. The lowest BCUT2D eigenvalue weighted by Crippen LogP contribution is -2.34. The molecule has 9 heavy (non-hydrogen) atoms. The van der Waals surface area contributed by atoms with Gasteiger partial charge in [-0.05, 0) is 0 Å².